The van der Waals surface area contributed by atoms with E-state index in [1.54, 1.807) is 4.90 Å². The van der Waals surface area contributed by atoms with E-state index in [2.05, 4.69) is 0 Å². The minimum Gasteiger partial charge on any atom is -0.444 e. The van der Waals surface area contributed by atoms with E-state index in [0.717, 1.165) is 25.7 Å². The molecule has 5 heteroatoms. The van der Waals surface area contributed by atoms with Crippen LogP contribution in [-0.4, -0.2) is 52.6 Å². The van der Waals surface area contributed by atoms with Gasteiger partial charge < -0.3 is 14.5 Å². The molecule has 2 amide bonds. The highest BCUT2D eigenvalue weighted by atomic mass is 16.6. The van der Waals surface area contributed by atoms with Gasteiger partial charge in [0.05, 0.1) is 5.54 Å². The van der Waals surface area contributed by atoms with Crippen molar-refractivity contribution in [2.75, 3.05) is 19.6 Å². The lowest BCUT2D eigenvalue weighted by Crippen LogP contribution is -2.63. The van der Waals surface area contributed by atoms with Crippen molar-refractivity contribution in [2.45, 2.75) is 77.9 Å². The van der Waals surface area contributed by atoms with Gasteiger partial charge in [0.15, 0.2) is 0 Å². The van der Waals surface area contributed by atoms with Gasteiger partial charge in [-0.1, -0.05) is 19.3 Å². The van der Waals surface area contributed by atoms with E-state index in [1.807, 2.05) is 39.5 Å². The van der Waals surface area contributed by atoms with Crippen LogP contribution in [0.2, 0.25) is 0 Å². The van der Waals surface area contributed by atoms with E-state index in [9.17, 15) is 9.59 Å². The Morgan fingerprint density at radius 1 is 1.04 bits per heavy atom. The zero-order valence-corrected chi connectivity index (χ0v) is 15.4. The van der Waals surface area contributed by atoms with Crippen LogP contribution in [-0.2, 0) is 9.53 Å². The maximum atomic E-state index is 12.9. The Kier molecular flexibility index (Phi) is 5.27. The summed E-state index contributed by atoms with van der Waals surface area (Å²) in [4.78, 5) is 28.9. The van der Waals surface area contributed by atoms with Gasteiger partial charge in [0, 0.05) is 25.6 Å². The van der Waals surface area contributed by atoms with E-state index < -0.39 is 5.60 Å². The molecule has 0 unspecified atom stereocenters. The van der Waals surface area contributed by atoms with Gasteiger partial charge in [0.1, 0.15) is 5.60 Å². The smallest absolute Gasteiger partial charge is 0.410 e. The van der Waals surface area contributed by atoms with E-state index in [-0.39, 0.29) is 23.5 Å². The van der Waals surface area contributed by atoms with Crippen molar-refractivity contribution in [1.82, 2.24) is 9.80 Å². The summed E-state index contributed by atoms with van der Waals surface area (Å²) in [7, 11) is 0. The molecule has 1 heterocycles. The molecule has 0 spiro atoms. The number of ether oxygens (including phenoxy) is 1. The number of carbonyl (C=O) groups is 2. The molecule has 0 aromatic carbocycles. The minimum absolute atomic E-state index is 0.177. The highest BCUT2D eigenvalue weighted by Crippen LogP contribution is 2.30. The molecular formula is C18H32N2O3. The van der Waals surface area contributed by atoms with E-state index in [4.69, 9.17) is 4.74 Å². The highest BCUT2D eigenvalue weighted by Gasteiger charge is 2.41. The average molecular weight is 324 g/mol. The first kappa shape index (κ1) is 18.1. The Balaban J connectivity index is 1.99. The SMILES string of the molecule is CC(C)(C)OC(=O)N1CCN(C(=O)C2CCCCC2)C(C)(C)C1. The number of rotatable bonds is 1. The topological polar surface area (TPSA) is 49.9 Å². The largest absolute Gasteiger partial charge is 0.444 e. The standard InChI is InChI=1S/C18H32N2O3/c1-17(2,3)23-16(22)19-11-12-20(18(4,5)13-19)15(21)14-9-7-6-8-10-14/h14H,6-13H2,1-5H3. The molecule has 0 N–H and O–H groups in total. The molecule has 1 saturated heterocycles. The molecule has 5 nitrogen and oxygen atoms in total. The van der Waals surface area contributed by atoms with Crippen LogP contribution in [0, 0.1) is 5.92 Å². The zero-order valence-electron chi connectivity index (χ0n) is 15.4. The van der Waals surface area contributed by atoms with Gasteiger partial charge in [-0.05, 0) is 47.5 Å². The Hall–Kier alpha value is -1.26. The fourth-order valence-corrected chi connectivity index (χ4v) is 3.62. The van der Waals surface area contributed by atoms with Crippen molar-refractivity contribution in [1.29, 1.82) is 0 Å². The molecule has 2 rings (SSSR count). The van der Waals surface area contributed by atoms with Gasteiger partial charge in [-0.2, -0.15) is 0 Å². The number of amides is 2. The maximum absolute atomic E-state index is 12.9. The molecular weight excluding hydrogens is 292 g/mol. The average Bonchev–Trinajstić information content (AvgIpc) is 2.44. The third-order valence-electron chi connectivity index (χ3n) is 4.77. The molecule has 0 radical (unpaired) electrons. The second-order valence-corrected chi connectivity index (χ2v) is 8.54. The summed E-state index contributed by atoms with van der Waals surface area (Å²) in [6.45, 7) is 11.4. The Morgan fingerprint density at radius 2 is 1.65 bits per heavy atom. The Labute approximate surface area is 140 Å². The fourth-order valence-electron chi connectivity index (χ4n) is 3.62. The van der Waals surface area contributed by atoms with Gasteiger partial charge in [0.2, 0.25) is 5.91 Å². The first-order valence-electron chi connectivity index (χ1n) is 8.89. The Morgan fingerprint density at radius 3 is 2.17 bits per heavy atom. The molecule has 1 saturated carbocycles. The molecule has 0 atom stereocenters. The summed E-state index contributed by atoms with van der Waals surface area (Å²) in [5.41, 5.74) is -0.833. The van der Waals surface area contributed by atoms with Crippen molar-refractivity contribution in [3.8, 4) is 0 Å². The van der Waals surface area contributed by atoms with E-state index >= 15 is 0 Å². The van der Waals surface area contributed by atoms with E-state index in [0.29, 0.717) is 19.6 Å². The quantitative estimate of drug-likeness (QED) is 0.742. The predicted octanol–water partition coefficient (Wildman–Crippen LogP) is 3.42. The van der Waals surface area contributed by atoms with Crippen LogP contribution in [0.5, 0.6) is 0 Å². The molecule has 1 aliphatic heterocycles. The summed E-state index contributed by atoms with van der Waals surface area (Å²) < 4.78 is 5.47. The molecule has 23 heavy (non-hydrogen) atoms. The van der Waals surface area contributed by atoms with Crippen LogP contribution in [0.1, 0.15) is 66.7 Å². The number of piperazine rings is 1. The van der Waals surface area contributed by atoms with Crippen LogP contribution in [0.3, 0.4) is 0 Å². The maximum Gasteiger partial charge on any atom is 0.410 e. The lowest BCUT2D eigenvalue weighted by molar-refractivity contribution is -0.146. The molecule has 2 aliphatic rings. The van der Waals surface area contributed by atoms with Gasteiger partial charge >= 0.3 is 6.09 Å². The first-order chi connectivity index (χ1) is 10.6. The van der Waals surface area contributed by atoms with Crippen LogP contribution in [0.4, 0.5) is 4.79 Å². The van der Waals surface area contributed by atoms with Crippen molar-refractivity contribution in [3.05, 3.63) is 0 Å². The lowest BCUT2D eigenvalue weighted by atomic mass is 9.86. The summed E-state index contributed by atoms with van der Waals surface area (Å²) >= 11 is 0. The first-order valence-corrected chi connectivity index (χ1v) is 8.89. The molecule has 132 valence electrons. The fraction of sp³-hybridized carbons (Fsp3) is 0.889. The van der Waals surface area contributed by atoms with Crippen LogP contribution in [0.15, 0.2) is 0 Å². The number of hydrogen-bond donors (Lipinski definition) is 0. The van der Waals surface area contributed by atoms with E-state index in [1.165, 1.54) is 6.42 Å². The summed E-state index contributed by atoms with van der Waals surface area (Å²) in [6, 6.07) is 0. The lowest BCUT2D eigenvalue weighted by Gasteiger charge is -2.48. The molecule has 1 aliphatic carbocycles. The van der Waals surface area contributed by atoms with Crippen molar-refractivity contribution < 1.29 is 14.3 Å². The highest BCUT2D eigenvalue weighted by molar-refractivity contribution is 5.80. The third kappa shape index (κ3) is 4.61. The monoisotopic (exact) mass is 324 g/mol. The van der Waals surface area contributed by atoms with Crippen LogP contribution < -0.4 is 0 Å². The van der Waals surface area contributed by atoms with Crippen molar-refractivity contribution in [2.24, 2.45) is 5.92 Å². The molecule has 2 fully saturated rings. The summed E-state index contributed by atoms with van der Waals surface area (Å²) in [6.07, 6.45) is 5.32. The van der Waals surface area contributed by atoms with Gasteiger partial charge in [-0.15, -0.1) is 0 Å². The second-order valence-electron chi connectivity index (χ2n) is 8.54. The summed E-state index contributed by atoms with van der Waals surface area (Å²) in [5.74, 6) is 0.453. The third-order valence-corrected chi connectivity index (χ3v) is 4.77. The van der Waals surface area contributed by atoms with Gasteiger partial charge in [0.25, 0.3) is 0 Å². The zero-order chi connectivity index (χ0) is 17.3. The molecule has 0 bridgehead atoms. The number of hydrogen-bond acceptors (Lipinski definition) is 3. The molecule has 0 aromatic heterocycles. The van der Waals surface area contributed by atoms with Crippen molar-refractivity contribution >= 4 is 12.0 Å². The minimum atomic E-state index is -0.490. The van der Waals surface area contributed by atoms with Crippen LogP contribution in [0.25, 0.3) is 0 Å². The molecule has 0 aromatic rings. The number of nitrogens with zero attached hydrogens (tertiary/aromatic N) is 2. The van der Waals surface area contributed by atoms with Gasteiger partial charge in [-0.3, -0.25) is 4.79 Å². The van der Waals surface area contributed by atoms with Crippen LogP contribution >= 0.6 is 0 Å². The Bertz CT molecular complexity index is 448. The van der Waals surface area contributed by atoms with Crippen molar-refractivity contribution in [3.63, 3.8) is 0 Å². The predicted molar refractivity (Wildman–Crippen MR) is 90.2 cm³/mol. The number of carbonyl (C=O) groups excluding carboxylic acids is 2. The van der Waals surface area contributed by atoms with Gasteiger partial charge in [-0.25, -0.2) is 4.79 Å². The normalized spacial score (nSPS) is 22.8. The second kappa shape index (κ2) is 6.70. The summed E-state index contributed by atoms with van der Waals surface area (Å²) in [5, 5.41) is 0.